The molecule has 0 spiro atoms. The minimum atomic E-state index is 0.0384. The number of aromatic nitrogens is 2. The van der Waals surface area contributed by atoms with E-state index in [0.717, 1.165) is 48.4 Å². The summed E-state index contributed by atoms with van der Waals surface area (Å²) in [5, 5.41) is 9.18. The van der Waals surface area contributed by atoms with Crippen LogP contribution in [0.1, 0.15) is 72.6 Å². The summed E-state index contributed by atoms with van der Waals surface area (Å²) >= 11 is 0. The fourth-order valence-electron chi connectivity index (χ4n) is 4.87. The average Bonchev–Trinajstić information content (AvgIpc) is 3.10. The maximum absolute atomic E-state index is 13.5. The van der Waals surface area contributed by atoms with E-state index in [1.165, 1.54) is 6.42 Å². The number of benzene rings is 1. The summed E-state index contributed by atoms with van der Waals surface area (Å²) in [5.41, 5.74) is 5.49. The first-order valence-electron chi connectivity index (χ1n) is 11.7. The van der Waals surface area contributed by atoms with Crippen molar-refractivity contribution in [1.29, 1.82) is 5.26 Å². The summed E-state index contributed by atoms with van der Waals surface area (Å²) in [7, 11) is 0. The molecule has 0 aliphatic carbocycles. The molecule has 1 fully saturated rings. The van der Waals surface area contributed by atoms with E-state index in [9.17, 15) is 14.9 Å². The van der Waals surface area contributed by atoms with Gasteiger partial charge in [0.15, 0.2) is 5.78 Å². The topological polar surface area (TPSA) is 79.0 Å². The van der Waals surface area contributed by atoms with E-state index < -0.39 is 0 Å². The van der Waals surface area contributed by atoms with Gasteiger partial charge in [0.05, 0.1) is 34.8 Å². The molecule has 1 aliphatic heterocycles. The van der Waals surface area contributed by atoms with Crippen LogP contribution in [0.5, 0.6) is 0 Å². The smallest absolute Gasteiger partial charge is 0.180 e. The Morgan fingerprint density at radius 3 is 2.48 bits per heavy atom. The van der Waals surface area contributed by atoms with Gasteiger partial charge in [0.1, 0.15) is 5.78 Å². The first kappa shape index (κ1) is 22.9. The second-order valence-corrected chi connectivity index (χ2v) is 9.16. The molecule has 1 aromatic carbocycles. The summed E-state index contributed by atoms with van der Waals surface area (Å²) in [6.07, 6.45) is 5.75. The van der Waals surface area contributed by atoms with Gasteiger partial charge in [-0.1, -0.05) is 13.3 Å². The van der Waals surface area contributed by atoms with Crippen LogP contribution in [-0.2, 0) is 4.79 Å². The number of hydrogen-bond acceptors (Lipinski definition) is 5. The molecule has 0 saturated carbocycles. The molecule has 6 heteroatoms. The molecule has 2 aromatic heterocycles. The normalized spacial score (nSPS) is 15.3. The predicted octanol–water partition coefficient (Wildman–Crippen LogP) is 4.96. The molecule has 1 saturated heterocycles. The number of piperidine rings is 1. The van der Waals surface area contributed by atoms with Crippen LogP contribution in [0.3, 0.4) is 0 Å². The molecule has 1 aliphatic rings. The second-order valence-electron chi connectivity index (χ2n) is 9.16. The van der Waals surface area contributed by atoms with Crippen molar-refractivity contribution in [3.8, 4) is 11.8 Å². The van der Waals surface area contributed by atoms with Crippen molar-refractivity contribution in [2.24, 2.45) is 0 Å². The number of hydrogen-bond donors (Lipinski definition) is 0. The fourth-order valence-corrected chi connectivity index (χ4v) is 4.87. The summed E-state index contributed by atoms with van der Waals surface area (Å²) in [6.45, 7) is 7.90. The monoisotopic (exact) mass is 442 g/mol. The highest BCUT2D eigenvalue weighted by Gasteiger charge is 2.25. The summed E-state index contributed by atoms with van der Waals surface area (Å²) in [6, 6.07) is 11.6. The Morgan fingerprint density at radius 1 is 1.15 bits per heavy atom. The third kappa shape index (κ3) is 4.74. The van der Waals surface area contributed by atoms with Crippen molar-refractivity contribution < 1.29 is 9.59 Å². The van der Waals surface area contributed by atoms with Gasteiger partial charge in [-0.15, -0.1) is 0 Å². The molecule has 3 heterocycles. The lowest BCUT2D eigenvalue weighted by atomic mass is 9.97. The Labute approximate surface area is 194 Å². The van der Waals surface area contributed by atoms with Crippen LogP contribution in [-0.4, -0.2) is 45.7 Å². The number of ketones is 2. The zero-order chi connectivity index (χ0) is 23.5. The molecule has 0 bridgehead atoms. The zero-order valence-electron chi connectivity index (χ0n) is 19.6. The zero-order valence-corrected chi connectivity index (χ0v) is 19.6. The predicted molar refractivity (Wildman–Crippen MR) is 129 cm³/mol. The largest absolute Gasteiger partial charge is 0.312 e. The Bertz CT molecular complexity index is 1230. The SMILES string of the molecule is CC(=O)CC(C)c1cnc2c(C(=O)CN3CCCCC3)c(C)n(-c3ccc(C#N)cc3)c2c1. The van der Waals surface area contributed by atoms with Gasteiger partial charge in [0.2, 0.25) is 0 Å². The number of Topliss-reactive ketones (excluding diaryl/α,β-unsaturated/α-hetero) is 2. The number of fused-ring (bicyclic) bond motifs is 1. The number of pyridine rings is 1. The molecular weight excluding hydrogens is 412 g/mol. The number of nitriles is 1. The minimum absolute atomic E-state index is 0.0384. The molecule has 170 valence electrons. The number of carbonyl (C=O) groups excluding carboxylic acids is 2. The van der Waals surface area contributed by atoms with Crippen LogP contribution in [0.2, 0.25) is 0 Å². The van der Waals surface area contributed by atoms with Crippen molar-refractivity contribution in [3.63, 3.8) is 0 Å². The summed E-state index contributed by atoms with van der Waals surface area (Å²) < 4.78 is 2.05. The van der Waals surface area contributed by atoms with Crippen LogP contribution in [0.15, 0.2) is 36.5 Å². The fraction of sp³-hybridized carbons (Fsp3) is 0.407. The van der Waals surface area contributed by atoms with Crippen LogP contribution in [0.4, 0.5) is 0 Å². The van der Waals surface area contributed by atoms with Crippen LogP contribution in [0, 0.1) is 18.3 Å². The van der Waals surface area contributed by atoms with E-state index in [1.54, 1.807) is 25.3 Å². The third-order valence-corrected chi connectivity index (χ3v) is 6.58. The maximum Gasteiger partial charge on any atom is 0.180 e. The molecule has 6 nitrogen and oxygen atoms in total. The van der Waals surface area contributed by atoms with E-state index in [1.807, 2.05) is 26.0 Å². The molecule has 1 atom stereocenters. The second kappa shape index (κ2) is 9.68. The number of likely N-dealkylation sites (tertiary alicyclic amines) is 1. The van der Waals surface area contributed by atoms with E-state index in [-0.39, 0.29) is 17.5 Å². The Balaban J connectivity index is 1.83. The molecular formula is C27H30N4O2. The Kier molecular flexibility index (Phi) is 6.71. The molecule has 4 rings (SSSR count). The van der Waals surface area contributed by atoms with E-state index >= 15 is 0 Å². The van der Waals surface area contributed by atoms with Crippen molar-refractivity contribution in [1.82, 2.24) is 14.5 Å². The Hall–Kier alpha value is -3.30. The van der Waals surface area contributed by atoms with E-state index in [4.69, 9.17) is 4.98 Å². The van der Waals surface area contributed by atoms with Crippen LogP contribution in [0.25, 0.3) is 16.7 Å². The molecule has 0 N–H and O–H groups in total. The van der Waals surface area contributed by atoms with Crippen molar-refractivity contribution in [3.05, 3.63) is 58.9 Å². The highest BCUT2D eigenvalue weighted by molar-refractivity contribution is 6.09. The third-order valence-electron chi connectivity index (χ3n) is 6.58. The van der Waals surface area contributed by atoms with E-state index in [2.05, 4.69) is 21.6 Å². The van der Waals surface area contributed by atoms with Crippen molar-refractivity contribution in [2.75, 3.05) is 19.6 Å². The van der Waals surface area contributed by atoms with Crippen LogP contribution >= 0.6 is 0 Å². The van der Waals surface area contributed by atoms with Gasteiger partial charge in [-0.25, -0.2) is 0 Å². The number of carbonyl (C=O) groups is 2. The molecule has 3 aromatic rings. The van der Waals surface area contributed by atoms with E-state index in [0.29, 0.717) is 29.6 Å². The average molecular weight is 443 g/mol. The lowest BCUT2D eigenvalue weighted by Gasteiger charge is -2.25. The van der Waals surface area contributed by atoms with Gasteiger partial charge in [-0.2, -0.15) is 5.26 Å². The van der Waals surface area contributed by atoms with Gasteiger partial charge in [0.25, 0.3) is 0 Å². The lowest BCUT2D eigenvalue weighted by Crippen LogP contribution is -2.34. The van der Waals surface area contributed by atoms with Gasteiger partial charge in [0, 0.05) is 24.0 Å². The minimum Gasteiger partial charge on any atom is -0.312 e. The number of rotatable bonds is 7. The molecule has 0 radical (unpaired) electrons. The summed E-state index contributed by atoms with van der Waals surface area (Å²) in [5.74, 6) is 0.263. The summed E-state index contributed by atoms with van der Waals surface area (Å²) in [4.78, 5) is 32.1. The standard InChI is InChI=1S/C27H30N4O2/c1-18(13-19(2)32)22-14-24-27(29-16-22)26(25(33)17-30-11-5-4-6-12-30)20(3)31(24)23-9-7-21(15-28)8-10-23/h7-10,14,16,18H,4-6,11-13,17H2,1-3H3. The molecule has 33 heavy (non-hydrogen) atoms. The lowest BCUT2D eigenvalue weighted by molar-refractivity contribution is -0.117. The number of nitrogens with zero attached hydrogens (tertiary/aromatic N) is 4. The van der Waals surface area contributed by atoms with Crippen LogP contribution < -0.4 is 0 Å². The van der Waals surface area contributed by atoms with Crippen molar-refractivity contribution in [2.45, 2.75) is 52.4 Å². The Morgan fingerprint density at radius 2 is 1.85 bits per heavy atom. The first-order chi connectivity index (χ1) is 15.9. The first-order valence-corrected chi connectivity index (χ1v) is 11.7. The van der Waals surface area contributed by atoms with Gasteiger partial charge in [-0.3, -0.25) is 14.7 Å². The van der Waals surface area contributed by atoms with Gasteiger partial charge < -0.3 is 9.36 Å². The highest BCUT2D eigenvalue weighted by atomic mass is 16.1. The highest BCUT2D eigenvalue weighted by Crippen LogP contribution is 2.31. The van der Waals surface area contributed by atoms with Crippen molar-refractivity contribution >= 4 is 22.6 Å². The van der Waals surface area contributed by atoms with Gasteiger partial charge in [-0.05, 0) is 81.6 Å². The quantitative estimate of drug-likeness (QED) is 0.483. The molecule has 1 unspecified atom stereocenters. The maximum atomic E-state index is 13.5. The molecule has 0 amide bonds. The van der Waals surface area contributed by atoms with Gasteiger partial charge >= 0.3 is 0 Å².